The van der Waals surface area contributed by atoms with Gasteiger partial charge in [0, 0.05) is 0 Å². The maximum atomic E-state index is 2.62. The molecule has 0 heterocycles. The summed E-state index contributed by atoms with van der Waals surface area (Å²) in [5, 5.41) is 0. The topological polar surface area (TPSA) is 0 Å². The first-order valence-corrected chi connectivity index (χ1v) is 21.9. The molecule has 1 fully saturated rings. The normalized spacial score (nSPS) is 21.9. The molecule has 2 unspecified atom stereocenters. The number of benzene rings is 3. The molecule has 4 aliphatic rings. The Labute approximate surface area is 374 Å². The number of hydrogen-bond acceptors (Lipinski definition) is 0. The van der Waals surface area contributed by atoms with Gasteiger partial charge in [-0.25, -0.2) is 18.1 Å². The molecule has 8 rings (SSSR count). The van der Waals surface area contributed by atoms with E-state index in [1.165, 1.54) is 84.8 Å². The quantitative estimate of drug-likeness (QED) is 0.178. The average Bonchev–Trinajstić information content (AvgIpc) is 3.76. The minimum atomic E-state index is 0. The van der Waals surface area contributed by atoms with Gasteiger partial charge in [0.1, 0.15) is 0 Å². The molecule has 2 atom stereocenters. The Morgan fingerprint density at radius 3 is 1.75 bits per heavy atom. The van der Waals surface area contributed by atoms with Crippen LogP contribution in [0.4, 0.5) is 0 Å². The van der Waals surface area contributed by atoms with Gasteiger partial charge >= 0.3 is 112 Å². The summed E-state index contributed by atoms with van der Waals surface area (Å²) in [6, 6.07) is 33.2. The summed E-state index contributed by atoms with van der Waals surface area (Å²) in [4.78, 5) is 0. The second-order valence-electron chi connectivity index (χ2n) is 19.7. The molecule has 0 radical (unpaired) electrons. The minimum Gasteiger partial charge on any atom is -1.00 e. The fraction of sp³-hybridized carbons (Fsp3) is 0.426. The number of halogens is 2. The molecule has 0 bridgehead atoms. The molecular weight excluding hydrogens is 811 g/mol. The van der Waals surface area contributed by atoms with Gasteiger partial charge in [0.15, 0.2) is 0 Å². The zero-order chi connectivity index (χ0) is 40.3. The molecule has 1 saturated carbocycles. The summed E-state index contributed by atoms with van der Waals surface area (Å²) >= 11 is 1.46. The number of rotatable bonds is 2. The third-order valence-corrected chi connectivity index (χ3v) is 16.7. The van der Waals surface area contributed by atoms with Crippen molar-refractivity contribution in [3.8, 4) is 0 Å². The van der Waals surface area contributed by atoms with E-state index in [0.29, 0.717) is 11.3 Å². The van der Waals surface area contributed by atoms with Crippen LogP contribution in [0, 0.1) is 54.3 Å². The van der Waals surface area contributed by atoms with E-state index in [1.807, 2.05) is 0 Å². The molecule has 0 aromatic heterocycles. The molecular formula is C54H66Cl2Zr-2. The predicted octanol–water partition coefficient (Wildman–Crippen LogP) is 8.40. The molecule has 0 saturated heterocycles. The molecule has 4 aliphatic carbocycles. The Bertz CT molecular complexity index is 2110. The second kappa shape index (κ2) is 17.2. The fourth-order valence-corrected chi connectivity index (χ4v) is 11.3. The van der Waals surface area contributed by atoms with Crippen LogP contribution in [-0.4, -0.2) is 3.21 Å². The van der Waals surface area contributed by atoms with Crippen molar-refractivity contribution in [1.29, 1.82) is 0 Å². The molecule has 302 valence electrons. The first-order valence-electron chi connectivity index (χ1n) is 20.7. The molecule has 0 aliphatic heterocycles. The van der Waals surface area contributed by atoms with E-state index < -0.39 is 0 Å². The van der Waals surface area contributed by atoms with E-state index in [1.54, 1.807) is 28.2 Å². The molecule has 4 aromatic carbocycles. The molecule has 0 nitrogen and oxygen atoms in total. The largest absolute Gasteiger partial charge is 1.00 e. The average molecular weight is 877 g/mol. The van der Waals surface area contributed by atoms with Gasteiger partial charge in [-0.1, -0.05) is 147 Å². The molecule has 0 spiro atoms. The van der Waals surface area contributed by atoms with Gasteiger partial charge < -0.3 is 24.8 Å². The maximum absolute atomic E-state index is 2.62. The van der Waals surface area contributed by atoms with Crippen molar-refractivity contribution < 1.29 is 49.0 Å². The Kier molecular flexibility index (Phi) is 14.2. The van der Waals surface area contributed by atoms with Gasteiger partial charge in [0.05, 0.1) is 0 Å². The smallest absolute Gasteiger partial charge is 0.0583 e. The van der Waals surface area contributed by atoms with Crippen LogP contribution in [0.25, 0.3) is 5.57 Å². The number of allylic oxidation sites excluding steroid dienone is 6. The van der Waals surface area contributed by atoms with Crippen LogP contribution in [0.2, 0.25) is 0 Å². The first kappa shape index (κ1) is 47.1. The Balaban J connectivity index is 0.000000217. The molecule has 0 amide bonds. The molecule has 4 aromatic rings. The summed E-state index contributed by atoms with van der Waals surface area (Å²) in [7, 11) is 0. The van der Waals surface area contributed by atoms with Crippen LogP contribution in [-0.2, 0) is 36.1 Å². The number of fused-ring (bicyclic) bond motifs is 6. The Morgan fingerprint density at radius 1 is 0.719 bits per heavy atom. The van der Waals surface area contributed by atoms with E-state index in [4.69, 9.17) is 0 Å². The van der Waals surface area contributed by atoms with Crippen LogP contribution in [0.3, 0.4) is 0 Å². The van der Waals surface area contributed by atoms with Crippen molar-refractivity contribution in [2.24, 2.45) is 27.6 Å². The van der Waals surface area contributed by atoms with Gasteiger partial charge in [-0.2, -0.15) is 22.8 Å². The summed E-state index contributed by atoms with van der Waals surface area (Å²) < 4.78 is 1.42. The van der Waals surface area contributed by atoms with Crippen LogP contribution >= 0.6 is 0 Å². The molecule has 0 N–H and O–H groups in total. The first-order chi connectivity index (χ1) is 25.7. The van der Waals surface area contributed by atoms with Gasteiger partial charge in [-0.15, -0.1) is 12.5 Å². The SMILES string of the molecule is C[C-]1C2=C3Cc4ccccc4C3=C3C=CCCC3C2(C)C(C)(C)C(C)(C)C1(C)C.Cc1ccc([C](=[Zr+2])c2ccc(C)cc2)cc1.Cc1ccc[c-]1C(C)(C)C.[Cl-].[Cl-]. The van der Waals surface area contributed by atoms with Gasteiger partial charge in [0.2, 0.25) is 0 Å². The summed E-state index contributed by atoms with van der Waals surface area (Å²) in [6.07, 6.45) is 8.50. The van der Waals surface area contributed by atoms with E-state index in [-0.39, 0.29) is 46.5 Å². The Morgan fingerprint density at radius 2 is 1.26 bits per heavy atom. The zero-order valence-electron chi connectivity index (χ0n) is 37.3. The maximum Gasteiger partial charge on any atom is -0.0583 e. The predicted molar refractivity (Wildman–Crippen MR) is 235 cm³/mol. The van der Waals surface area contributed by atoms with Crippen LogP contribution in [0.1, 0.15) is 134 Å². The third kappa shape index (κ3) is 8.06. The van der Waals surface area contributed by atoms with Crippen molar-refractivity contribution in [1.82, 2.24) is 0 Å². The van der Waals surface area contributed by atoms with E-state index in [9.17, 15) is 0 Å². The number of aryl methyl sites for hydroxylation is 3. The molecule has 3 heteroatoms. The Hall–Kier alpha value is -2.57. The zero-order valence-corrected chi connectivity index (χ0v) is 41.2. The summed E-state index contributed by atoms with van der Waals surface area (Å²) in [6.45, 7) is 33.4. The third-order valence-electron chi connectivity index (χ3n) is 15.3. The van der Waals surface area contributed by atoms with Gasteiger partial charge in [-0.3, -0.25) is 0 Å². The van der Waals surface area contributed by atoms with E-state index in [2.05, 4.69) is 200 Å². The van der Waals surface area contributed by atoms with Crippen molar-refractivity contribution in [3.05, 3.63) is 170 Å². The summed E-state index contributed by atoms with van der Waals surface area (Å²) in [5.41, 5.74) is 18.8. The van der Waals surface area contributed by atoms with E-state index in [0.717, 1.165) is 6.42 Å². The van der Waals surface area contributed by atoms with Crippen molar-refractivity contribution >= 4 is 8.78 Å². The van der Waals surface area contributed by atoms with Crippen molar-refractivity contribution in [2.45, 2.75) is 122 Å². The second-order valence-corrected chi connectivity index (χ2v) is 21.0. The van der Waals surface area contributed by atoms with E-state index >= 15 is 0 Å². The number of hydrogen-bond donors (Lipinski definition) is 0. The standard InChI is InChI=1S/C29H37.C15H14.C10H15.2ClH.Zr/c1-18-25-22-17-19-13-9-10-14-20(19)24(22)21-15-11-12-16-23(21)29(25,8)28(6,7)27(4,5)26(18,2)3;1-12-3-7-14(8-4-12)11-15-9-5-13(2)6-10-15;1-8-6-5-7-9(8)10(2,3)4;;;/h9-11,13-15,23H,12,16-17H2,1-8H3;3-10H,1-2H3;5-7H,1-4H3;2*1H;/q-1;;-1;;;+2/p-2. The van der Waals surface area contributed by atoms with Gasteiger partial charge in [0.25, 0.3) is 0 Å². The van der Waals surface area contributed by atoms with Crippen LogP contribution in [0.15, 0.2) is 120 Å². The monoisotopic (exact) mass is 874 g/mol. The molecule has 57 heavy (non-hydrogen) atoms. The van der Waals surface area contributed by atoms with Crippen molar-refractivity contribution in [3.63, 3.8) is 0 Å². The minimum absolute atomic E-state index is 0. The summed E-state index contributed by atoms with van der Waals surface area (Å²) in [5.74, 6) is 2.24. The van der Waals surface area contributed by atoms with Gasteiger partial charge in [-0.05, 0) is 40.6 Å². The van der Waals surface area contributed by atoms with Crippen LogP contribution < -0.4 is 24.8 Å². The fourth-order valence-electron chi connectivity index (χ4n) is 10.5. The van der Waals surface area contributed by atoms with Crippen molar-refractivity contribution in [2.75, 3.05) is 0 Å². The van der Waals surface area contributed by atoms with Crippen LogP contribution in [0.5, 0.6) is 0 Å².